The van der Waals surface area contributed by atoms with Crippen LogP contribution in [-0.2, 0) is 23.7 Å². The van der Waals surface area contributed by atoms with Crippen LogP contribution in [0.3, 0.4) is 0 Å². The van der Waals surface area contributed by atoms with Gasteiger partial charge in [0.2, 0.25) is 5.91 Å². The summed E-state index contributed by atoms with van der Waals surface area (Å²) < 4.78 is 22.4. The van der Waals surface area contributed by atoms with Gasteiger partial charge in [-0.3, -0.25) is 4.79 Å². The normalized spacial score (nSPS) is 26.8. The molecule has 0 aliphatic carbocycles. The van der Waals surface area contributed by atoms with E-state index in [0.717, 1.165) is 25.7 Å². The van der Waals surface area contributed by atoms with E-state index in [1.165, 1.54) is 141 Å². The molecule has 12 unspecified atom stereocenters. The maximum Gasteiger partial charge on any atom is 0.220 e. The molecule has 2 rings (SSSR count). The molecule has 0 aromatic carbocycles. The van der Waals surface area contributed by atoms with Gasteiger partial charge in [0.15, 0.2) is 12.6 Å². The number of hydrogen-bond donors (Lipinski definition) is 9. The van der Waals surface area contributed by atoms with Gasteiger partial charge in [0.1, 0.15) is 48.8 Å². The summed E-state index contributed by atoms with van der Waals surface area (Å²) in [6, 6.07) is -0.931. The third-order valence-corrected chi connectivity index (χ3v) is 13.0. The number of rotatable bonds is 41. The van der Waals surface area contributed by atoms with Crippen molar-refractivity contribution in [3.05, 3.63) is 36.5 Å². The number of hydrogen-bond acceptors (Lipinski definition) is 13. The van der Waals surface area contributed by atoms with Gasteiger partial charge in [0, 0.05) is 6.42 Å². The van der Waals surface area contributed by atoms with Gasteiger partial charge in [-0.05, 0) is 44.9 Å². The minimum absolute atomic E-state index is 0.220. The second-order valence-corrected chi connectivity index (χ2v) is 19.0. The van der Waals surface area contributed by atoms with E-state index in [0.29, 0.717) is 12.8 Å². The zero-order valence-corrected chi connectivity index (χ0v) is 41.6. The molecule has 14 nitrogen and oxygen atoms in total. The van der Waals surface area contributed by atoms with Crippen LogP contribution in [0.15, 0.2) is 36.5 Å². The minimum Gasteiger partial charge on any atom is -0.394 e. The Morgan fingerprint density at radius 1 is 0.522 bits per heavy atom. The van der Waals surface area contributed by atoms with Crippen LogP contribution in [0.2, 0.25) is 0 Å². The lowest BCUT2D eigenvalue weighted by Gasteiger charge is -2.46. The predicted molar refractivity (Wildman–Crippen MR) is 263 cm³/mol. The Bertz CT molecular complexity index is 1270. The standard InChI is InChI=1S/C53H97NO13/c1-3-5-6-7-8-9-10-11-12-13-14-15-16-17-18-19-20-21-22-23-24-25-26-27-28-29-30-31-32-33-34-35-37-42(57)41(54-45(58)36-4-2)40-64-52-50(63)48(61)51(44(39-56)66-52)67-53-49(62)47(60)46(59)43(38-55)65-53/h27-28,31-32,35,37,41-44,46-53,55-57,59-63H,3-26,29-30,33-34,36,38-40H2,1-2H3,(H,54,58)/b28-27+,32-31+,37-35+. The monoisotopic (exact) mass is 956 g/mol. The van der Waals surface area contributed by atoms with E-state index in [4.69, 9.17) is 18.9 Å². The highest BCUT2D eigenvalue weighted by Crippen LogP contribution is 2.30. The van der Waals surface area contributed by atoms with Crippen LogP contribution < -0.4 is 5.32 Å². The van der Waals surface area contributed by atoms with Crippen molar-refractivity contribution in [2.45, 2.75) is 274 Å². The molecule has 0 radical (unpaired) electrons. The predicted octanol–water partition coefficient (Wildman–Crippen LogP) is 7.49. The molecule has 2 heterocycles. The number of carbonyl (C=O) groups is 1. The Hall–Kier alpha value is -1.79. The van der Waals surface area contributed by atoms with E-state index in [1.807, 2.05) is 13.0 Å². The third-order valence-electron chi connectivity index (χ3n) is 13.0. The number of nitrogens with one attached hydrogen (secondary N) is 1. The van der Waals surface area contributed by atoms with Gasteiger partial charge in [-0.2, -0.15) is 0 Å². The van der Waals surface area contributed by atoms with Crippen molar-refractivity contribution in [3.8, 4) is 0 Å². The van der Waals surface area contributed by atoms with Crippen LogP contribution in [0.5, 0.6) is 0 Å². The zero-order valence-electron chi connectivity index (χ0n) is 41.6. The number of aliphatic hydroxyl groups excluding tert-OH is 8. The van der Waals surface area contributed by atoms with Gasteiger partial charge in [0.05, 0.1) is 32.0 Å². The summed E-state index contributed by atoms with van der Waals surface area (Å²) in [5.41, 5.74) is 0. The number of ether oxygens (including phenoxy) is 4. The maximum atomic E-state index is 12.5. The van der Waals surface area contributed by atoms with Crippen molar-refractivity contribution in [3.63, 3.8) is 0 Å². The van der Waals surface area contributed by atoms with E-state index in [1.54, 1.807) is 6.08 Å². The zero-order chi connectivity index (χ0) is 48.9. The highest BCUT2D eigenvalue weighted by molar-refractivity contribution is 5.76. The molecule has 2 saturated heterocycles. The van der Waals surface area contributed by atoms with Crippen molar-refractivity contribution in [1.82, 2.24) is 5.32 Å². The number of amides is 1. The van der Waals surface area contributed by atoms with E-state index in [9.17, 15) is 45.6 Å². The van der Waals surface area contributed by atoms with Crippen molar-refractivity contribution in [1.29, 1.82) is 0 Å². The van der Waals surface area contributed by atoms with Gasteiger partial charge < -0.3 is 65.1 Å². The fourth-order valence-corrected chi connectivity index (χ4v) is 8.72. The van der Waals surface area contributed by atoms with Gasteiger partial charge in [-0.1, -0.05) is 185 Å². The largest absolute Gasteiger partial charge is 0.394 e. The molecule has 9 N–H and O–H groups in total. The molecule has 0 spiro atoms. The molecular formula is C53H97NO13. The van der Waals surface area contributed by atoms with Gasteiger partial charge in [-0.25, -0.2) is 0 Å². The van der Waals surface area contributed by atoms with Crippen molar-refractivity contribution in [2.75, 3.05) is 19.8 Å². The summed E-state index contributed by atoms with van der Waals surface area (Å²) >= 11 is 0. The fourth-order valence-electron chi connectivity index (χ4n) is 8.72. The molecule has 2 aliphatic heterocycles. The first kappa shape index (κ1) is 61.3. The smallest absolute Gasteiger partial charge is 0.220 e. The third kappa shape index (κ3) is 26.8. The average molecular weight is 956 g/mol. The second-order valence-electron chi connectivity index (χ2n) is 19.0. The van der Waals surface area contributed by atoms with Crippen LogP contribution >= 0.6 is 0 Å². The second kappa shape index (κ2) is 39.9. The molecule has 0 aromatic rings. The molecule has 67 heavy (non-hydrogen) atoms. The topological polar surface area (TPSA) is 228 Å². The molecule has 392 valence electrons. The number of allylic oxidation sites excluding steroid dienone is 5. The summed E-state index contributed by atoms with van der Waals surface area (Å²) in [6.45, 7) is 2.38. The van der Waals surface area contributed by atoms with Crippen LogP contribution in [0, 0.1) is 0 Å². The summed E-state index contributed by atoms with van der Waals surface area (Å²) in [7, 11) is 0. The van der Waals surface area contributed by atoms with E-state index >= 15 is 0 Å². The fraction of sp³-hybridized carbons (Fsp3) is 0.868. The molecular weight excluding hydrogens is 859 g/mol. The average Bonchev–Trinajstić information content (AvgIpc) is 3.32. The quantitative estimate of drug-likeness (QED) is 0.0214. The van der Waals surface area contributed by atoms with E-state index in [-0.39, 0.29) is 18.9 Å². The van der Waals surface area contributed by atoms with Gasteiger partial charge in [0.25, 0.3) is 0 Å². The van der Waals surface area contributed by atoms with Crippen molar-refractivity contribution < 1.29 is 64.6 Å². The lowest BCUT2D eigenvalue weighted by Crippen LogP contribution is -2.65. The van der Waals surface area contributed by atoms with E-state index < -0.39 is 86.8 Å². The van der Waals surface area contributed by atoms with Crippen LogP contribution in [0.4, 0.5) is 0 Å². The van der Waals surface area contributed by atoms with Crippen LogP contribution in [0.25, 0.3) is 0 Å². The Balaban J connectivity index is 1.55. The number of unbranched alkanes of at least 4 members (excludes halogenated alkanes) is 24. The van der Waals surface area contributed by atoms with Gasteiger partial charge >= 0.3 is 0 Å². The summed E-state index contributed by atoms with van der Waals surface area (Å²) in [6.07, 6.45) is 31.4. The van der Waals surface area contributed by atoms with Crippen molar-refractivity contribution >= 4 is 5.91 Å². The molecule has 2 fully saturated rings. The van der Waals surface area contributed by atoms with Crippen molar-refractivity contribution in [2.24, 2.45) is 0 Å². The molecule has 0 aromatic heterocycles. The number of aliphatic hydroxyl groups is 8. The SMILES string of the molecule is CCCCCCCCCCCCCCCCCCCCCCCC/C=C/CC/C=C/CC/C=C/C(O)C(COC1OC(CO)C(OC2OC(CO)C(O)C(O)C2O)C(O)C1O)NC(=O)CCC. The summed E-state index contributed by atoms with van der Waals surface area (Å²) in [5.74, 6) is -0.307. The first-order valence-electron chi connectivity index (χ1n) is 26.7. The molecule has 1 amide bonds. The first-order chi connectivity index (χ1) is 32.6. The Morgan fingerprint density at radius 2 is 0.955 bits per heavy atom. The summed E-state index contributed by atoms with van der Waals surface area (Å²) in [5, 5.41) is 85.7. The molecule has 0 saturated carbocycles. The van der Waals surface area contributed by atoms with Crippen LogP contribution in [0.1, 0.15) is 200 Å². The van der Waals surface area contributed by atoms with Crippen LogP contribution in [-0.4, -0.2) is 140 Å². The Kier molecular flexibility index (Phi) is 36.5. The molecule has 2 aliphatic rings. The van der Waals surface area contributed by atoms with E-state index in [2.05, 4.69) is 36.5 Å². The molecule has 0 bridgehead atoms. The highest BCUT2D eigenvalue weighted by atomic mass is 16.7. The highest BCUT2D eigenvalue weighted by Gasteiger charge is 2.51. The molecule has 12 atom stereocenters. The van der Waals surface area contributed by atoms with Gasteiger partial charge in [-0.15, -0.1) is 0 Å². The number of carbonyl (C=O) groups excluding carboxylic acids is 1. The Morgan fingerprint density at radius 3 is 1.43 bits per heavy atom. The minimum atomic E-state index is -1.79. The Labute approximate surface area is 404 Å². The summed E-state index contributed by atoms with van der Waals surface area (Å²) in [4.78, 5) is 12.5. The maximum absolute atomic E-state index is 12.5. The first-order valence-corrected chi connectivity index (χ1v) is 26.7. The lowest BCUT2D eigenvalue weighted by atomic mass is 9.97. The lowest BCUT2D eigenvalue weighted by molar-refractivity contribution is -0.359. The molecule has 14 heteroatoms.